The lowest BCUT2D eigenvalue weighted by molar-refractivity contribution is 0.393. The third kappa shape index (κ3) is 3.54. The molecule has 0 radical (unpaired) electrons. The van der Waals surface area contributed by atoms with Gasteiger partial charge in [0, 0.05) is 4.91 Å². The maximum Gasteiger partial charge on any atom is 0.113 e. The van der Waals surface area contributed by atoms with Crippen molar-refractivity contribution in [3.63, 3.8) is 0 Å². The zero-order chi connectivity index (χ0) is 4.12. The monoisotopic (exact) mass is 91.0 g/mol. The number of nitrogens with zero attached hydrogens (tertiary/aromatic N) is 3. The Bertz CT molecular complexity index is 53.9. The Morgan fingerprint density at radius 2 is 2.60 bits per heavy atom. The minimum Gasteiger partial charge on any atom is -0.420 e. The van der Waals surface area contributed by atoms with E-state index in [9.17, 15) is 0 Å². The molecule has 5 heteroatoms. The quantitative estimate of drug-likeness (QED) is 0.156. The lowest BCUT2D eigenvalue weighted by atomic mass is 12.9. The van der Waals surface area contributed by atoms with Gasteiger partial charge in [-0.1, -0.05) is 0 Å². The van der Waals surface area contributed by atoms with Gasteiger partial charge in [-0.25, -0.2) is 0 Å². The number of rotatable bonds is 1. The van der Waals surface area contributed by atoms with E-state index in [4.69, 9.17) is 5.53 Å². The Labute approximate surface area is 31.0 Å². The van der Waals surface area contributed by atoms with Gasteiger partial charge < -0.3 is 4.62 Å². The van der Waals surface area contributed by atoms with E-state index in [2.05, 4.69) is 14.8 Å². The molecule has 5 heavy (non-hydrogen) atoms. The van der Waals surface area contributed by atoms with E-state index < -0.39 is 0 Å². The third-order valence-corrected chi connectivity index (χ3v) is 0.178. The van der Waals surface area contributed by atoms with Gasteiger partial charge in [0.15, 0.2) is 0 Å². The van der Waals surface area contributed by atoms with Crippen LogP contribution in [0.25, 0.3) is 10.4 Å². The molecule has 0 spiro atoms. The molecule has 0 heterocycles. The van der Waals surface area contributed by atoms with Gasteiger partial charge in [0.05, 0.1) is 9.47 Å². The summed E-state index contributed by atoms with van der Waals surface area (Å²) >= 11 is 0. The minimum atomic E-state index is 1.78. The molecule has 0 amide bonds. The second kappa shape index (κ2) is 3.54. The molecule has 0 aromatic rings. The number of hydrogen-bond donors (Lipinski definition) is 0. The topological polar surface area (TPSA) is 58.0 Å². The summed E-state index contributed by atoms with van der Waals surface area (Å²) in [7, 11) is 1.78. The van der Waals surface area contributed by atoms with Gasteiger partial charge in [-0.05, 0) is 5.53 Å². The Kier molecular flexibility index (Phi) is 3.21. The van der Waals surface area contributed by atoms with E-state index in [1.165, 1.54) is 0 Å². The van der Waals surface area contributed by atoms with Crippen molar-refractivity contribution in [1.82, 2.24) is 0 Å². The molecule has 0 N–H and O–H groups in total. The van der Waals surface area contributed by atoms with Gasteiger partial charge in [-0.3, -0.25) is 0 Å². The Balaban J connectivity index is 2.93. The van der Waals surface area contributed by atoms with Crippen molar-refractivity contribution in [3.8, 4) is 0 Å². The molecular weight excluding hydrogens is 89.0 g/mol. The van der Waals surface area contributed by atoms with Crippen LogP contribution in [0.4, 0.5) is 0 Å². The van der Waals surface area contributed by atoms with Crippen LogP contribution in [0.15, 0.2) is 5.28 Å². The van der Waals surface area contributed by atoms with Crippen molar-refractivity contribution >= 4 is 9.47 Å². The maximum atomic E-state index is 7.39. The molecule has 0 aliphatic heterocycles. The van der Waals surface area contributed by atoms with Crippen LogP contribution >= 0.6 is 9.47 Å². The van der Waals surface area contributed by atoms with Crippen LogP contribution in [-0.4, -0.2) is 0 Å². The van der Waals surface area contributed by atoms with Gasteiger partial charge in [0.2, 0.25) is 0 Å². The van der Waals surface area contributed by atoms with Crippen molar-refractivity contribution < 1.29 is 4.62 Å². The largest absolute Gasteiger partial charge is 0.420 e. The molecule has 0 aliphatic carbocycles. The van der Waals surface area contributed by atoms with E-state index >= 15 is 0 Å². The summed E-state index contributed by atoms with van der Waals surface area (Å²) in [6.07, 6.45) is 0. The van der Waals surface area contributed by atoms with Gasteiger partial charge in [0.25, 0.3) is 0 Å². The zero-order valence-electron chi connectivity index (χ0n) is 2.33. The number of hydrogen-bond acceptors (Lipinski definition) is 2. The van der Waals surface area contributed by atoms with Crippen LogP contribution in [0, 0.1) is 0 Å². The molecule has 1 atom stereocenters. The van der Waals surface area contributed by atoms with Gasteiger partial charge in [-0.2, -0.15) is 0 Å². The summed E-state index contributed by atoms with van der Waals surface area (Å²) in [5.41, 5.74) is 7.39. The fraction of sp³-hybridized carbons (Fsp3) is 0. The first-order chi connectivity index (χ1) is 2.41. The molecule has 0 aliphatic rings. The highest BCUT2D eigenvalue weighted by Crippen LogP contribution is 1.81. The van der Waals surface area contributed by atoms with E-state index in [0.29, 0.717) is 0 Å². The van der Waals surface area contributed by atoms with Crippen LogP contribution in [-0.2, 0) is 4.62 Å². The Morgan fingerprint density at radius 3 is 2.60 bits per heavy atom. The molecule has 28 valence electrons. The molecule has 0 aromatic heterocycles. The molecule has 0 saturated heterocycles. The average Bonchev–Trinajstić information content (AvgIpc) is 1.41. The number of azide groups is 1. The van der Waals surface area contributed by atoms with Crippen LogP contribution < -0.4 is 0 Å². The van der Waals surface area contributed by atoms with Crippen molar-refractivity contribution in [2.75, 3.05) is 0 Å². The summed E-state index contributed by atoms with van der Waals surface area (Å²) in [6, 6.07) is 0. The molecule has 0 fully saturated rings. The predicted molar refractivity (Wildman–Crippen MR) is 19.9 cm³/mol. The molecule has 1 unspecified atom stereocenters. The fourth-order valence-electron chi connectivity index (χ4n) is 0.0211. The normalized spacial score (nSPS) is 5.00. The Hall–Kier alpha value is -0.460. The predicted octanol–water partition coefficient (Wildman–Crippen LogP) is 1.02. The average molecular weight is 91.0 g/mol. The summed E-state index contributed by atoms with van der Waals surface area (Å²) in [5, 5.41) is 2.62. The maximum absolute atomic E-state index is 7.39. The summed E-state index contributed by atoms with van der Waals surface area (Å²) in [4.78, 5) is 2.24. The molecule has 0 rings (SSSR count). The first-order valence-corrected chi connectivity index (χ1v) is 1.29. The van der Waals surface area contributed by atoms with Gasteiger partial charge >= 0.3 is 0 Å². The standard InChI is InChI=1S/H2N3OP/c1-2-3-4-5/h5H2. The molecular formula is H2N3OP. The van der Waals surface area contributed by atoms with E-state index in [0.717, 1.165) is 0 Å². The van der Waals surface area contributed by atoms with Crippen LogP contribution in [0.1, 0.15) is 0 Å². The first-order valence-electron chi connectivity index (χ1n) is 0.818. The second-order valence-corrected chi connectivity index (χ2v) is 0.487. The SMILES string of the molecule is [N-]=[N+]=NOP. The van der Waals surface area contributed by atoms with Crippen molar-refractivity contribution in [2.45, 2.75) is 0 Å². The Morgan fingerprint density at radius 1 is 2.00 bits per heavy atom. The molecule has 0 aromatic carbocycles. The smallest absolute Gasteiger partial charge is 0.113 e. The fourth-order valence-corrected chi connectivity index (χ4v) is 0.0632. The highest BCUT2D eigenvalue weighted by Gasteiger charge is 1.45. The van der Waals surface area contributed by atoms with Crippen LogP contribution in [0.2, 0.25) is 0 Å². The lowest BCUT2D eigenvalue weighted by Crippen LogP contribution is -1.36. The summed E-state index contributed by atoms with van der Waals surface area (Å²) in [6.45, 7) is 0. The van der Waals surface area contributed by atoms with Gasteiger partial charge in [0.1, 0.15) is 5.28 Å². The van der Waals surface area contributed by atoms with Crippen LogP contribution in [0.5, 0.6) is 0 Å². The van der Waals surface area contributed by atoms with Gasteiger partial charge in [-0.15, -0.1) is 0 Å². The molecule has 4 nitrogen and oxygen atoms in total. The van der Waals surface area contributed by atoms with Crippen molar-refractivity contribution in [2.24, 2.45) is 5.28 Å². The minimum absolute atomic E-state index is 1.78. The van der Waals surface area contributed by atoms with Crippen molar-refractivity contribution in [3.05, 3.63) is 10.4 Å². The highest BCUT2D eigenvalue weighted by molar-refractivity contribution is 7.09. The van der Waals surface area contributed by atoms with E-state index in [1.54, 1.807) is 9.47 Å². The van der Waals surface area contributed by atoms with E-state index in [-0.39, 0.29) is 0 Å². The first kappa shape index (κ1) is 4.54. The molecule has 0 saturated carbocycles. The van der Waals surface area contributed by atoms with Crippen LogP contribution in [0.3, 0.4) is 0 Å². The highest BCUT2D eigenvalue weighted by atomic mass is 31.0. The lowest BCUT2D eigenvalue weighted by Gasteiger charge is -1.68. The molecule has 0 bridgehead atoms. The van der Waals surface area contributed by atoms with Crippen molar-refractivity contribution in [1.29, 1.82) is 0 Å². The summed E-state index contributed by atoms with van der Waals surface area (Å²) < 4.78 is 3.82. The second-order valence-electron chi connectivity index (χ2n) is 0.277. The zero-order valence-corrected chi connectivity index (χ0v) is 3.48. The van der Waals surface area contributed by atoms with E-state index in [1.807, 2.05) is 0 Å². The summed E-state index contributed by atoms with van der Waals surface area (Å²) in [5.74, 6) is 0. The third-order valence-electron chi connectivity index (χ3n) is 0.0837.